The topological polar surface area (TPSA) is 23.8 Å². The van der Waals surface area contributed by atoms with E-state index in [1.807, 2.05) is 12.1 Å². The van der Waals surface area contributed by atoms with Gasteiger partial charge in [0.1, 0.15) is 5.82 Å². The molecule has 1 atom stereocenters. The Kier molecular flexibility index (Phi) is 7.68. The van der Waals surface area contributed by atoms with Gasteiger partial charge >= 0.3 is 0 Å². The van der Waals surface area contributed by atoms with Crippen molar-refractivity contribution in [1.82, 2.24) is 0 Å². The van der Waals surface area contributed by atoms with E-state index >= 15 is 0 Å². The molecule has 0 radical (unpaired) electrons. The average molecular weight is 446 g/mol. The van der Waals surface area contributed by atoms with Crippen LogP contribution < -0.4 is 0 Å². The molecule has 0 spiro atoms. The van der Waals surface area contributed by atoms with E-state index in [0.29, 0.717) is 17.0 Å². The predicted molar refractivity (Wildman–Crippen MR) is 139 cm³/mol. The quantitative estimate of drug-likeness (QED) is 0.252. The Morgan fingerprint density at radius 1 is 0.765 bits per heavy atom. The number of hydrogen-bond acceptors (Lipinski definition) is 1. The molecule has 0 aromatic heterocycles. The van der Waals surface area contributed by atoms with Crippen molar-refractivity contribution in [3.05, 3.63) is 142 Å². The van der Waals surface area contributed by atoms with Gasteiger partial charge in [-0.15, -0.1) is 0 Å². The molecule has 0 saturated heterocycles. The third-order valence-electron chi connectivity index (χ3n) is 6.20. The first-order valence-corrected chi connectivity index (χ1v) is 11.7. The second kappa shape index (κ2) is 11.3. The highest BCUT2D eigenvalue weighted by Crippen LogP contribution is 2.21. The van der Waals surface area contributed by atoms with Crippen LogP contribution in [0.1, 0.15) is 51.8 Å². The van der Waals surface area contributed by atoms with Crippen molar-refractivity contribution >= 4 is 12.2 Å². The fourth-order valence-corrected chi connectivity index (χ4v) is 4.10. The zero-order chi connectivity index (χ0) is 23.8. The molecular formula is C32H28FN. The second-order valence-electron chi connectivity index (χ2n) is 8.76. The molecule has 34 heavy (non-hydrogen) atoms. The molecule has 0 bridgehead atoms. The van der Waals surface area contributed by atoms with Crippen molar-refractivity contribution in [2.24, 2.45) is 0 Å². The van der Waals surface area contributed by atoms with Gasteiger partial charge in [-0.2, -0.15) is 5.26 Å². The summed E-state index contributed by atoms with van der Waals surface area (Å²) in [6.07, 6.45) is 6.66. The van der Waals surface area contributed by atoms with Crippen LogP contribution in [0.15, 0.2) is 97.1 Å². The lowest BCUT2D eigenvalue weighted by Gasteiger charge is -2.12. The van der Waals surface area contributed by atoms with Gasteiger partial charge in [0.2, 0.25) is 0 Å². The van der Waals surface area contributed by atoms with Gasteiger partial charge in [0.05, 0.1) is 11.6 Å². The maximum absolute atomic E-state index is 14.0. The molecule has 0 heterocycles. The van der Waals surface area contributed by atoms with Crippen LogP contribution in [0.3, 0.4) is 0 Å². The summed E-state index contributed by atoms with van der Waals surface area (Å²) in [5.74, 6) is 0.125. The van der Waals surface area contributed by atoms with Crippen LogP contribution in [0.25, 0.3) is 12.2 Å². The SMILES string of the molecule is C[C@@H](Cc1ccc(CCc2ccc(C=Cc3ccc(C#N)cc3F)cc2)cc1)c1ccccc1. The van der Waals surface area contributed by atoms with Gasteiger partial charge in [-0.1, -0.05) is 104 Å². The lowest BCUT2D eigenvalue weighted by atomic mass is 9.93. The van der Waals surface area contributed by atoms with E-state index in [2.05, 4.69) is 85.8 Å². The molecule has 0 saturated carbocycles. The van der Waals surface area contributed by atoms with E-state index < -0.39 is 0 Å². The van der Waals surface area contributed by atoms with Crippen LogP contribution in [0.4, 0.5) is 4.39 Å². The molecule has 0 fully saturated rings. The number of aryl methyl sites for hydroxylation is 2. The molecule has 0 N–H and O–H groups in total. The largest absolute Gasteiger partial charge is 0.206 e. The number of hydrogen-bond donors (Lipinski definition) is 0. The highest BCUT2D eigenvalue weighted by Gasteiger charge is 2.06. The highest BCUT2D eigenvalue weighted by molar-refractivity contribution is 5.70. The van der Waals surface area contributed by atoms with Crippen molar-refractivity contribution in [2.45, 2.75) is 32.1 Å². The van der Waals surface area contributed by atoms with Crippen molar-refractivity contribution in [3.8, 4) is 6.07 Å². The fourth-order valence-electron chi connectivity index (χ4n) is 4.10. The Balaban J connectivity index is 1.30. The summed E-state index contributed by atoms with van der Waals surface area (Å²) in [5.41, 5.74) is 7.20. The van der Waals surface area contributed by atoms with E-state index in [9.17, 15) is 4.39 Å². The monoisotopic (exact) mass is 445 g/mol. The van der Waals surface area contributed by atoms with Crippen LogP contribution in [-0.4, -0.2) is 0 Å². The standard InChI is InChI=1S/C32H28FN/c1-24(30-5-3-2-4-6-30)21-28-15-13-26(14-16-28)8-7-25-9-11-27(12-10-25)17-19-31-20-18-29(23-34)22-32(31)33/h2-6,9-20,22,24H,7-8,21H2,1H3/t24-/m0/s1. The molecule has 0 aliphatic heterocycles. The number of halogens is 1. The zero-order valence-corrected chi connectivity index (χ0v) is 19.4. The Labute approximate surface area is 201 Å². The van der Waals surface area contributed by atoms with Gasteiger partial charge in [0.15, 0.2) is 0 Å². The van der Waals surface area contributed by atoms with Gasteiger partial charge in [-0.25, -0.2) is 4.39 Å². The molecular weight excluding hydrogens is 417 g/mol. The maximum atomic E-state index is 14.0. The Morgan fingerprint density at radius 3 is 2.00 bits per heavy atom. The molecule has 2 heteroatoms. The van der Waals surface area contributed by atoms with Crippen LogP contribution >= 0.6 is 0 Å². The van der Waals surface area contributed by atoms with E-state index in [1.165, 1.54) is 28.3 Å². The molecule has 0 amide bonds. The fraction of sp³-hybridized carbons (Fsp3) is 0.156. The first kappa shape index (κ1) is 23.2. The average Bonchev–Trinajstić information content (AvgIpc) is 2.88. The number of nitriles is 1. The van der Waals surface area contributed by atoms with Crippen molar-refractivity contribution < 1.29 is 4.39 Å². The summed E-state index contributed by atoms with van der Waals surface area (Å²) < 4.78 is 14.0. The second-order valence-corrected chi connectivity index (χ2v) is 8.76. The summed E-state index contributed by atoms with van der Waals surface area (Å²) in [7, 11) is 0. The predicted octanol–water partition coefficient (Wildman–Crippen LogP) is 8.00. The van der Waals surface area contributed by atoms with Gasteiger partial charge in [-0.05, 0) is 65.1 Å². The normalized spacial score (nSPS) is 11.9. The third kappa shape index (κ3) is 6.30. The maximum Gasteiger partial charge on any atom is 0.131 e. The minimum atomic E-state index is -0.382. The molecule has 4 aromatic rings. The number of benzene rings is 4. The summed E-state index contributed by atoms with van der Waals surface area (Å²) in [6.45, 7) is 2.28. The summed E-state index contributed by atoms with van der Waals surface area (Å²) in [5, 5.41) is 8.85. The lowest BCUT2D eigenvalue weighted by Crippen LogP contribution is -1.99. The van der Waals surface area contributed by atoms with E-state index in [-0.39, 0.29) is 5.82 Å². The molecule has 0 aliphatic carbocycles. The van der Waals surface area contributed by atoms with Gasteiger partial charge in [0, 0.05) is 5.56 Å². The van der Waals surface area contributed by atoms with Gasteiger partial charge in [-0.3, -0.25) is 0 Å². The van der Waals surface area contributed by atoms with Crippen molar-refractivity contribution in [2.75, 3.05) is 0 Å². The molecule has 168 valence electrons. The minimum absolute atomic E-state index is 0.329. The van der Waals surface area contributed by atoms with Crippen LogP contribution in [-0.2, 0) is 19.3 Å². The van der Waals surface area contributed by atoms with E-state index in [4.69, 9.17) is 5.26 Å². The van der Waals surface area contributed by atoms with Crippen molar-refractivity contribution in [3.63, 3.8) is 0 Å². The van der Waals surface area contributed by atoms with Gasteiger partial charge < -0.3 is 0 Å². The molecule has 4 aromatic carbocycles. The molecule has 0 aliphatic rings. The molecule has 4 rings (SSSR count). The Morgan fingerprint density at radius 2 is 1.38 bits per heavy atom. The summed E-state index contributed by atoms with van der Waals surface area (Å²) >= 11 is 0. The molecule has 0 unspecified atom stereocenters. The summed E-state index contributed by atoms with van der Waals surface area (Å²) in [4.78, 5) is 0. The zero-order valence-electron chi connectivity index (χ0n) is 19.4. The Bertz CT molecular complexity index is 1280. The highest BCUT2D eigenvalue weighted by atomic mass is 19.1. The van der Waals surface area contributed by atoms with Crippen LogP contribution in [0.2, 0.25) is 0 Å². The first-order valence-electron chi connectivity index (χ1n) is 11.7. The van der Waals surface area contributed by atoms with Crippen molar-refractivity contribution in [1.29, 1.82) is 5.26 Å². The van der Waals surface area contributed by atoms with Gasteiger partial charge in [0.25, 0.3) is 0 Å². The minimum Gasteiger partial charge on any atom is -0.206 e. The first-order chi connectivity index (χ1) is 16.6. The summed E-state index contributed by atoms with van der Waals surface area (Å²) in [6, 6.07) is 34.5. The van der Waals surface area contributed by atoms with Crippen LogP contribution in [0, 0.1) is 17.1 Å². The smallest absolute Gasteiger partial charge is 0.131 e. The lowest BCUT2D eigenvalue weighted by molar-refractivity contribution is 0.624. The van der Waals surface area contributed by atoms with E-state index in [1.54, 1.807) is 18.2 Å². The number of nitrogens with zero attached hydrogens (tertiary/aromatic N) is 1. The Hall–Kier alpha value is -3.96. The number of rotatable bonds is 8. The molecule has 1 nitrogen and oxygen atoms in total. The third-order valence-corrected chi connectivity index (χ3v) is 6.20. The van der Waals surface area contributed by atoms with Crippen LogP contribution in [0.5, 0.6) is 0 Å². The van der Waals surface area contributed by atoms with E-state index in [0.717, 1.165) is 24.8 Å².